The fraction of sp³-hybridized carbons (Fsp3) is 0.500. The standard InChI is InChI=1S/C22H28N4O3/c1-28-18-3-4-20(29-2)16(11-18)12-21(27)26-9-6-15(7-10-26)22-24-14-17-13-23-8-5-19(17)25-22/h3-4,11,14-15,23H,5-10,12-13H2,1-2H3. The van der Waals surface area contributed by atoms with Crippen molar-refractivity contribution in [1.82, 2.24) is 20.2 Å². The third kappa shape index (κ3) is 4.34. The molecule has 0 saturated carbocycles. The van der Waals surface area contributed by atoms with Crippen LogP contribution in [-0.2, 0) is 24.2 Å². The van der Waals surface area contributed by atoms with Gasteiger partial charge in [0.2, 0.25) is 5.91 Å². The summed E-state index contributed by atoms with van der Waals surface area (Å²) in [6.07, 6.45) is 5.05. The Bertz CT molecular complexity index is 878. The molecule has 0 aliphatic carbocycles. The average molecular weight is 396 g/mol. The van der Waals surface area contributed by atoms with Crippen LogP contribution < -0.4 is 14.8 Å². The molecule has 0 spiro atoms. The van der Waals surface area contributed by atoms with Crippen molar-refractivity contribution in [3.8, 4) is 11.5 Å². The number of rotatable bonds is 5. The molecule has 7 heteroatoms. The Balaban J connectivity index is 1.38. The maximum atomic E-state index is 12.9. The Labute approximate surface area is 171 Å². The number of ether oxygens (including phenoxy) is 2. The second-order valence-electron chi connectivity index (χ2n) is 7.64. The van der Waals surface area contributed by atoms with Gasteiger partial charge in [0.1, 0.15) is 17.3 Å². The van der Waals surface area contributed by atoms with E-state index < -0.39 is 0 Å². The summed E-state index contributed by atoms with van der Waals surface area (Å²) in [6, 6.07) is 5.56. The summed E-state index contributed by atoms with van der Waals surface area (Å²) in [5.74, 6) is 2.82. The maximum absolute atomic E-state index is 12.9. The highest BCUT2D eigenvalue weighted by molar-refractivity contribution is 5.79. The highest BCUT2D eigenvalue weighted by atomic mass is 16.5. The van der Waals surface area contributed by atoms with Gasteiger partial charge in [-0.2, -0.15) is 0 Å². The zero-order valence-corrected chi connectivity index (χ0v) is 17.1. The first kappa shape index (κ1) is 19.6. The lowest BCUT2D eigenvalue weighted by atomic mass is 9.95. The predicted molar refractivity (Wildman–Crippen MR) is 109 cm³/mol. The number of hydrogen-bond donors (Lipinski definition) is 1. The lowest BCUT2D eigenvalue weighted by molar-refractivity contribution is -0.131. The zero-order valence-electron chi connectivity index (χ0n) is 17.1. The fourth-order valence-corrected chi connectivity index (χ4v) is 4.13. The van der Waals surface area contributed by atoms with Crippen LogP contribution in [0.5, 0.6) is 11.5 Å². The number of nitrogens with zero attached hydrogens (tertiary/aromatic N) is 3. The van der Waals surface area contributed by atoms with Crippen LogP contribution in [0.1, 0.15) is 41.4 Å². The monoisotopic (exact) mass is 396 g/mol. The molecule has 154 valence electrons. The molecule has 1 N–H and O–H groups in total. The van der Waals surface area contributed by atoms with Gasteiger partial charge < -0.3 is 19.7 Å². The number of piperidine rings is 1. The van der Waals surface area contributed by atoms with Gasteiger partial charge in [-0.25, -0.2) is 9.97 Å². The number of carbonyl (C=O) groups excluding carboxylic acids is 1. The maximum Gasteiger partial charge on any atom is 0.227 e. The molecule has 1 saturated heterocycles. The first-order valence-electron chi connectivity index (χ1n) is 10.2. The number of hydrogen-bond acceptors (Lipinski definition) is 6. The van der Waals surface area contributed by atoms with Crippen molar-refractivity contribution in [2.45, 2.75) is 38.1 Å². The van der Waals surface area contributed by atoms with Crippen LogP contribution >= 0.6 is 0 Å². The summed E-state index contributed by atoms with van der Waals surface area (Å²) in [5, 5.41) is 3.35. The summed E-state index contributed by atoms with van der Waals surface area (Å²) in [6.45, 7) is 3.30. The molecule has 4 rings (SSSR count). The van der Waals surface area contributed by atoms with E-state index in [1.54, 1.807) is 14.2 Å². The highest BCUT2D eigenvalue weighted by Gasteiger charge is 2.27. The van der Waals surface area contributed by atoms with Crippen molar-refractivity contribution in [2.24, 2.45) is 0 Å². The molecule has 2 aliphatic heterocycles. The zero-order chi connectivity index (χ0) is 20.2. The molecule has 1 fully saturated rings. The molecule has 7 nitrogen and oxygen atoms in total. The number of fused-ring (bicyclic) bond motifs is 1. The van der Waals surface area contributed by atoms with Gasteiger partial charge in [-0.15, -0.1) is 0 Å². The minimum Gasteiger partial charge on any atom is -0.497 e. The summed E-state index contributed by atoms with van der Waals surface area (Å²) in [7, 11) is 3.24. The summed E-state index contributed by atoms with van der Waals surface area (Å²) in [5.41, 5.74) is 3.24. The van der Waals surface area contributed by atoms with Crippen LogP contribution in [0.3, 0.4) is 0 Å². The second kappa shape index (κ2) is 8.78. The Morgan fingerprint density at radius 3 is 2.83 bits per heavy atom. The van der Waals surface area contributed by atoms with E-state index >= 15 is 0 Å². The molecule has 0 bridgehead atoms. The van der Waals surface area contributed by atoms with Crippen LogP contribution in [0.15, 0.2) is 24.4 Å². The molecular weight excluding hydrogens is 368 g/mol. The van der Waals surface area contributed by atoms with Gasteiger partial charge >= 0.3 is 0 Å². The number of likely N-dealkylation sites (tertiary alicyclic amines) is 1. The fourth-order valence-electron chi connectivity index (χ4n) is 4.13. The number of carbonyl (C=O) groups is 1. The van der Waals surface area contributed by atoms with E-state index in [1.165, 1.54) is 11.3 Å². The third-order valence-corrected chi connectivity index (χ3v) is 5.87. The Kier molecular flexibility index (Phi) is 5.94. The molecule has 1 aromatic carbocycles. The van der Waals surface area contributed by atoms with Crippen LogP contribution in [0.4, 0.5) is 0 Å². The smallest absolute Gasteiger partial charge is 0.227 e. The predicted octanol–water partition coefficient (Wildman–Crippen LogP) is 2.09. The molecule has 29 heavy (non-hydrogen) atoms. The minimum atomic E-state index is 0.118. The second-order valence-corrected chi connectivity index (χ2v) is 7.64. The summed E-state index contributed by atoms with van der Waals surface area (Å²) in [4.78, 5) is 24.2. The molecule has 2 aliphatic rings. The van der Waals surface area contributed by atoms with E-state index in [-0.39, 0.29) is 5.91 Å². The number of aromatic nitrogens is 2. The first-order chi connectivity index (χ1) is 14.2. The van der Waals surface area contributed by atoms with Crippen LogP contribution in [-0.4, -0.2) is 54.6 Å². The van der Waals surface area contributed by atoms with Gasteiger partial charge in [0.05, 0.1) is 20.6 Å². The molecule has 0 unspecified atom stereocenters. The molecular formula is C22H28N4O3. The van der Waals surface area contributed by atoms with Gasteiger partial charge in [-0.1, -0.05) is 0 Å². The molecule has 1 amide bonds. The quantitative estimate of drug-likeness (QED) is 0.834. The van der Waals surface area contributed by atoms with E-state index in [2.05, 4.69) is 10.3 Å². The topological polar surface area (TPSA) is 76.6 Å². The van der Waals surface area contributed by atoms with Gasteiger partial charge in [0.25, 0.3) is 0 Å². The van der Waals surface area contributed by atoms with E-state index in [0.717, 1.165) is 62.6 Å². The Hall–Kier alpha value is -2.67. The largest absolute Gasteiger partial charge is 0.497 e. The van der Waals surface area contributed by atoms with E-state index in [0.29, 0.717) is 18.1 Å². The number of nitrogens with one attached hydrogen (secondary N) is 1. The Morgan fingerprint density at radius 1 is 1.24 bits per heavy atom. The molecule has 0 radical (unpaired) electrons. The number of methoxy groups -OCH3 is 2. The average Bonchev–Trinajstić information content (AvgIpc) is 2.78. The first-order valence-corrected chi connectivity index (χ1v) is 10.2. The van der Waals surface area contributed by atoms with Crippen molar-refractivity contribution in [1.29, 1.82) is 0 Å². The lowest BCUT2D eigenvalue weighted by Crippen LogP contribution is -2.39. The number of benzene rings is 1. The molecule has 1 aromatic heterocycles. The summed E-state index contributed by atoms with van der Waals surface area (Å²) < 4.78 is 10.7. The molecule has 2 aromatic rings. The Morgan fingerprint density at radius 2 is 2.07 bits per heavy atom. The summed E-state index contributed by atoms with van der Waals surface area (Å²) >= 11 is 0. The van der Waals surface area contributed by atoms with Gasteiger partial charge in [-0.3, -0.25) is 4.79 Å². The van der Waals surface area contributed by atoms with Crippen molar-refractivity contribution in [3.05, 3.63) is 47.0 Å². The minimum absolute atomic E-state index is 0.118. The van der Waals surface area contributed by atoms with Crippen molar-refractivity contribution >= 4 is 5.91 Å². The van der Waals surface area contributed by atoms with Gasteiger partial charge in [-0.05, 0) is 31.0 Å². The lowest BCUT2D eigenvalue weighted by Gasteiger charge is -2.32. The van der Waals surface area contributed by atoms with E-state index in [9.17, 15) is 4.79 Å². The van der Waals surface area contributed by atoms with Crippen molar-refractivity contribution in [3.63, 3.8) is 0 Å². The van der Waals surface area contributed by atoms with E-state index in [4.69, 9.17) is 14.5 Å². The third-order valence-electron chi connectivity index (χ3n) is 5.87. The SMILES string of the molecule is COc1ccc(OC)c(CC(=O)N2CCC(c3ncc4c(n3)CCNC4)CC2)c1. The molecule has 3 heterocycles. The molecule has 0 atom stereocenters. The van der Waals surface area contributed by atoms with Crippen LogP contribution in [0.25, 0.3) is 0 Å². The van der Waals surface area contributed by atoms with Crippen molar-refractivity contribution in [2.75, 3.05) is 33.9 Å². The highest BCUT2D eigenvalue weighted by Crippen LogP contribution is 2.28. The van der Waals surface area contributed by atoms with Crippen molar-refractivity contribution < 1.29 is 14.3 Å². The van der Waals surface area contributed by atoms with E-state index in [1.807, 2.05) is 29.3 Å². The normalized spacial score (nSPS) is 17.0. The van der Waals surface area contributed by atoms with Gasteiger partial charge in [0, 0.05) is 61.5 Å². The van der Waals surface area contributed by atoms with Crippen LogP contribution in [0.2, 0.25) is 0 Å². The van der Waals surface area contributed by atoms with Gasteiger partial charge in [0.15, 0.2) is 0 Å². The van der Waals surface area contributed by atoms with Crippen LogP contribution in [0, 0.1) is 0 Å². The number of amides is 1.